The summed E-state index contributed by atoms with van der Waals surface area (Å²) in [6, 6.07) is 6.33. The van der Waals surface area contributed by atoms with Crippen LogP contribution in [0.4, 0.5) is 4.39 Å². The Hall–Kier alpha value is -0.930. The van der Waals surface area contributed by atoms with E-state index in [1.807, 2.05) is 6.92 Å². The SMILES string of the molecule is CCCC(CN)C(C)(O)c1ccccc1F. The highest BCUT2D eigenvalue weighted by Gasteiger charge is 2.34. The average Bonchev–Trinajstić information content (AvgIpc) is 2.26. The molecule has 0 aliphatic heterocycles. The number of rotatable bonds is 5. The summed E-state index contributed by atoms with van der Waals surface area (Å²) in [6.07, 6.45) is 1.71. The Morgan fingerprint density at radius 2 is 2.06 bits per heavy atom. The number of benzene rings is 1. The summed E-state index contributed by atoms with van der Waals surface area (Å²) < 4.78 is 13.6. The smallest absolute Gasteiger partial charge is 0.129 e. The average molecular weight is 225 g/mol. The predicted molar refractivity (Wildman–Crippen MR) is 63.4 cm³/mol. The van der Waals surface area contributed by atoms with E-state index in [1.165, 1.54) is 6.07 Å². The van der Waals surface area contributed by atoms with Gasteiger partial charge in [0.1, 0.15) is 5.82 Å². The van der Waals surface area contributed by atoms with Gasteiger partial charge in [-0.25, -0.2) is 4.39 Å². The first-order valence-electron chi connectivity index (χ1n) is 5.71. The number of hydrogen-bond acceptors (Lipinski definition) is 2. The lowest BCUT2D eigenvalue weighted by Gasteiger charge is -2.32. The van der Waals surface area contributed by atoms with Crippen molar-refractivity contribution in [2.75, 3.05) is 6.54 Å². The maximum absolute atomic E-state index is 13.6. The number of halogens is 1. The summed E-state index contributed by atoms with van der Waals surface area (Å²) in [7, 11) is 0. The zero-order valence-electron chi connectivity index (χ0n) is 9.91. The molecule has 1 aromatic carbocycles. The van der Waals surface area contributed by atoms with E-state index in [2.05, 4.69) is 0 Å². The minimum absolute atomic E-state index is 0.116. The molecule has 2 nitrogen and oxygen atoms in total. The van der Waals surface area contributed by atoms with E-state index in [0.29, 0.717) is 12.1 Å². The minimum atomic E-state index is -1.20. The molecule has 0 aliphatic rings. The van der Waals surface area contributed by atoms with Gasteiger partial charge in [0.15, 0.2) is 0 Å². The molecule has 0 spiro atoms. The first-order chi connectivity index (χ1) is 7.54. The number of aliphatic hydroxyl groups is 1. The molecule has 0 heterocycles. The van der Waals surface area contributed by atoms with Gasteiger partial charge in [-0.15, -0.1) is 0 Å². The molecule has 2 atom stereocenters. The fourth-order valence-corrected chi connectivity index (χ4v) is 2.07. The molecule has 90 valence electrons. The van der Waals surface area contributed by atoms with Gasteiger partial charge < -0.3 is 10.8 Å². The van der Waals surface area contributed by atoms with Crippen molar-refractivity contribution in [1.29, 1.82) is 0 Å². The molecule has 3 heteroatoms. The van der Waals surface area contributed by atoms with E-state index in [1.54, 1.807) is 25.1 Å². The molecule has 0 saturated carbocycles. The first-order valence-corrected chi connectivity index (χ1v) is 5.71. The molecular formula is C13H20FNO. The van der Waals surface area contributed by atoms with Gasteiger partial charge >= 0.3 is 0 Å². The van der Waals surface area contributed by atoms with Crippen LogP contribution >= 0.6 is 0 Å². The van der Waals surface area contributed by atoms with Crippen molar-refractivity contribution in [2.45, 2.75) is 32.3 Å². The van der Waals surface area contributed by atoms with Crippen LogP contribution in [0.15, 0.2) is 24.3 Å². The largest absolute Gasteiger partial charge is 0.385 e. The summed E-state index contributed by atoms with van der Waals surface area (Å²) in [6.45, 7) is 4.02. The van der Waals surface area contributed by atoms with Crippen LogP contribution in [0, 0.1) is 11.7 Å². The lowest BCUT2D eigenvalue weighted by molar-refractivity contribution is -0.00931. The normalized spacial score (nSPS) is 16.8. The molecule has 0 saturated heterocycles. The highest BCUT2D eigenvalue weighted by Crippen LogP contribution is 2.33. The summed E-state index contributed by atoms with van der Waals surface area (Å²) >= 11 is 0. The van der Waals surface area contributed by atoms with Crippen LogP contribution in [0.25, 0.3) is 0 Å². The Labute approximate surface area is 96.3 Å². The molecule has 3 N–H and O–H groups in total. The van der Waals surface area contributed by atoms with E-state index in [0.717, 1.165) is 12.8 Å². The molecule has 0 aliphatic carbocycles. The van der Waals surface area contributed by atoms with Crippen molar-refractivity contribution >= 4 is 0 Å². The Morgan fingerprint density at radius 3 is 2.56 bits per heavy atom. The summed E-state index contributed by atoms with van der Waals surface area (Å²) in [5.41, 5.74) is 4.78. The zero-order chi connectivity index (χ0) is 12.2. The van der Waals surface area contributed by atoms with Crippen LogP contribution < -0.4 is 5.73 Å². The predicted octanol–water partition coefficient (Wildman–Crippen LogP) is 2.41. The second-order valence-electron chi connectivity index (χ2n) is 4.35. The van der Waals surface area contributed by atoms with Gasteiger partial charge in [-0.2, -0.15) is 0 Å². The summed E-state index contributed by atoms with van der Waals surface area (Å²) in [5.74, 6) is -0.489. The van der Waals surface area contributed by atoms with E-state index in [-0.39, 0.29) is 11.7 Å². The molecule has 0 bridgehead atoms. The van der Waals surface area contributed by atoms with Gasteiger partial charge in [-0.3, -0.25) is 0 Å². The van der Waals surface area contributed by atoms with Crippen molar-refractivity contribution in [1.82, 2.24) is 0 Å². The second kappa shape index (κ2) is 5.41. The van der Waals surface area contributed by atoms with E-state index >= 15 is 0 Å². The van der Waals surface area contributed by atoms with Crippen LogP contribution in [0.1, 0.15) is 32.3 Å². The van der Waals surface area contributed by atoms with Crippen LogP contribution in [0.3, 0.4) is 0 Å². The van der Waals surface area contributed by atoms with Crippen molar-refractivity contribution in [2.24, 2.45) is 11.7 Å². The van der Waals surface area contributed by atoms with Crippen molar-refractivity contribution in [3.63, 3.8) is 0 Å². The standard InChI is InChI=1S/C13H20FNO/c1-3-6-10(9-15)13(2,16)11-7-4-5-8-12(11)14/h4-5,7-8,10,16H,3,6,9,15H2,1-2H3. The zero-order valence-corrected chi connectivity index (χ0v) is 9.91. The summed E-state index contributed by atoms with van der Waals surface area (Å²) in [4.78, 5) is 0. The molecule has 0 aromatic heterocycles. The molecule has 1 aromatic rings. The van der Waals surface area contributed by atoms with E-state index < -0.39 is 5.60 Å². The maximum atomic E-state index is 13.6. The third-order valence-electron chi connectivity index (χ3n) is 3.14. The molecule has 0 radical (unpaired) electrons. The lowest BCUT2D eigenvalue weighted by atomic mass is 9.80. The Morgan fingerprint density at radius 1 is 1.44 bits per heavy atom. The van der Waals surface area contributed by atoms with Crippen molar-refractivity contribution < 1.29 is 9.50 Å². The van der Waals surface area contributed by atoms with Crippen molar-refractivity contribution in [3.05, 3.63) is 35.6 Å². The van der Waals surface area contributed by atoms with Crippen LogP contribution in [-0.2, 0) is 5.60 Å². The van der Waals surface area contributed by atoms with Crippen LogP contribution in [0.2, 0.25) is 0 Å². The molecule has 0 amide bonds. The molecule has 2 unspecified atom stereocenters. The van der Waals surface area contributed by atoms with Gasteiger partial charge in [0.05, 0.1) is 5.60 Å². The highest BCUT2D eigenvalue weighted by atomic mass is 19.1. The fraction of sp³-hybridized carbons (Fsp3) is 0.538. The highest BCUT2D eigenvalue weighted by molar-refractivity contribution is 5.24. The Balaban J connectivity index is 3.04. The van der Waals surface area contributed by atoms with E-state index in [9.17, 15) is 9.50 Å². The quantitative estimate of drug-likeness (QED) is 0.808. The monoisotopic (exact) mass is 225 g/mol. The second-order valence-corrected chi connectivity index (χ2v) is 4.35. The van der Waals surface area contributed by atoms with Crippen LogP contribution in [0.5, 0.6) is 0 Å². The Bertz CT molecular complexity index is 338. The maximum Gasteiger partial charge on any atom is 0.129 e. The topological polar surface area (TPSA) is 46.2 Å². The molecular weight excluding hydrogens is 205 g/mol. The first kappa shape index (κ1) is 13.1. The molecule has 1 rings (SSSR count). The van der Waals surface area contributed by atoms with Gasteiger partial charge in [-0.1, -0.05) is 31.5 Å². The van der Waals surface area contributed by atoms with E-state index in [4.69, 9.17) is 5.73 Å². The Kier molecular flexibility index (Phi) is 4.44. The third-order valence-corrected chi connectivity index (χ3v) is 3.14. The summed E-state index contributed by atoms with van der Waals surface area (Å²) in [5, 5.41) is 10.4. The molecule has 16 heavy (non-hydrogen) atoms. The lowest BCUT2D eigenvalue weighted by Crippen LogP contribution is -2.37. The van der Waals surface area contributed by atoms with Crippen molar-refractivity contribution in [3.8, 4) is 0 Å². The van der Waals surface area contributed by atoms with Gasteiger partial charge in [0.25, 0.3) is 0 Å². The molecule has 0 fully saturated rings. The van der Waals surface area contributed by atoms with Gasteiger partial charge in [0.2, 0.25) is 0 Å². The number of nitrogens with two attached hydrogens (primary N) is 1. The van der Waals surface area contributed by atoms with Crippen LogP contribution in [-0.4, -0.2) is 11.7 Å². The number of hydrogen-bond donors (Lipinski definition) is 2. The third kappa shape index (κ3) is 2.60. The van der Waals surface area contributed by atoms with Gasteiger partial charge in [0, 0.05) is 11.5 Å². The minimum Gasteiger partial charge on any atom is -0.385 e. The van der Waals surface area contributed by atoms with Gasteiger partial charge in [-0.05, 0) is 26.0 Å². The fourth-order valence-electron chi connectivity index (χ4n) is 2.07.